The van der Waals surface area contributed by atoms with Gasteiger partial charge >= 0.3 is 15.2 Å². The van der Waals surface area contributed by atoms with Crippen LogP contribution in [0.1, 0.15) is 88.5 Å². The molecule has 0 saturated heterocycles. The number of allylic oxidation sites excluding steroid dienone is 20. The fourth-order valence-corrected chi connectivity index (χ4v) is 8.32. The molecule has 0 heterocycles. The highest BCUT2D eigenvalue weighted by molar-refractivity contribution is 7.53. The summed E-state index contributed by atoms with van der Waals surface area (Å²) in [5.41, 5.74) is 8.32. The molecule has 5 unspecified atom stereocenters. The Morgan fingerprint density at radius 2 is 1.19 bits per heavy atom. The number of rotatable bonds is 16. The lowest BCUT2D eigenvalue weighted by atomic mass is 9.67. The maximum atomic E-state index is 12.4. The molecule has 0 aliphatic heterocycles. The number of hydrogen-bond donors (Lipinski definition) is 0. The van der Waals surface area contributed by atoms with E-state index in [2.05, 4.69) is 160 Å². The lowest BCUT2D eigenvalue weighted by Crippen LogP contribution is -2.33. The van der Waals surface area contributed by atoms with Crippen LogP contribution in [0.25, 0.3) is 0 Å². The molecule has 8 heteroatoms. The molecular formula is C44H66O6P2. The normalized spacial score (nSPS) is 26.3. The van der Waals surface area contributed by atoms with Crippen molar-refractivity contribution < 1.29 is 27.2 Å². The van der Waals surface area contributed by atoms with Crippen molar-refractivity contribution in [3.8, 4) is 0 Å². The highest BCUT2D eigenvalue weighted by Gasteiger charge is 2.38. The van der Waals surface area contributed by atoms with Crippen LogP contribution in [0, 0.1) is 16.7 Å². The Hall–Kier alpha value is -2.56. The van der Waals surface area contributed by atoms with Crippen molar-refractivity contribution in [2.75, 3.05) is 27.5 Å². The van der Waals surface area contributed by atoms with E-state index in [9.17, 15) is 9.13 Å². The Balaban J connectivity index is 1.94. The third-order valence-electron chi connectivity index (χ3n) is 9.63. The molecule has 0 bridgehead atoms. The summed E-state index contributed by atoms with van der Waals surface area (Å²) in [4.78, 5) is 0. The molecule has 0 spiro atoms. The molecule has 2 rings (SSSR count). The van der Waals surface area contributed by atoms with Gasteiger partial charge < -0.3 is 18.1 Å². The molecule has 0 amide bonds. The molecule has 0 N–H and O–H groups in total. The van der Waals surface area contributed by atoms with Crippen LogP contribution in [-0.2, 0) is 27.2 Å². The second kappa shape index (κ2) is 20.2. The molecule has 2 aliphatic carbocycles. The summed E-state index contributed by atoms with van der Waals surface area (Å²) in [6.45, 7) is 24.6. The Kier molecular flexibility index (Phi) is 17.7. The molecule has 52 heavy (non-hydrogen) atoms. The molecule has 6 nitrogen and oxygen atoms in total. The maximum absolute atomic E-state index is 12.4. The minimum Gasteiger partial charge on any atom is -0.312 e. The predicted molar refractivity (Wildman–Crippen MR) is 223 cm³/mol. The van der Waals surface area contributed by atoms with E-state index in [0.29, 0.717) is 0 Å². The van der Waals surface area contributed by atoms with E-state index in [1.807, 2.05) is 0 Å². The van der Waals surface area contributed by atoms with Gasteiger partial charge in [-0.3, -0.25) is 9.13 Å². The maximum Gasteiger partial charge on any atom is 0.327 e. The van der Waals surface area contributed by atoms with Crippen LogP contribution in [0.5, 0.6) is 0 Å². The van der Waals surface area contributed by atoms with Crippen molar-refractivity contribution in [2.24, 2.45) is 16.7 Å². The molecule has 0 aromatic carbocycles. The molecule has 0 aromatic rings. The van der Waals surface area contributed by atoms with Gasteiger partial charge in [0.25, 0.3) is 0 Å². The number of hydrogen-bond acceptors (Lipinski definition) is 6. The molecular weight excluding hydrogens is 686 g/mol. The van der Waals surface area contributed by atoms with Gasteiger partial charge in [0.1, 0.15) is 0 Å². The highest BCUT2D eigenvalue weighted by atomic mass is 31.2. The van der Waals surface area contributed by atoms with Gasteiger partial charge in [0.05, 0.1) is 12.2 Å². The van der Waals surface area contributed by atoms with Crippen LogP contribution in [0.15, 0.2) is 130 Å². The Bertz CT molecular complexity index is 1690. The van der Waals surface area contributed by atoms with Gasteiger partial charge in [-0.15, -0.1) is 0 Å². The Labute approximate surface area is 316 Å². The van der Waals surface area contributed by atoms with Crippen molar-refractivity contribution in [3.63, 3.8) is 0 Å². The second-order valence-electron chi connectivity index (χ2n) is 15.8. The quantitative estimate of drug-likeness (QED) is 0.0888. The standard InChI is InChI=1S/C44H66O6P2/c1-33(21-17-23-35(3)25-27-41-37(5)29-39(31-43(41,7)8)49-51(13,45)47-11)19-15-16-20-34(2)22-18-24-36(4)26-28-42-38(6)30-40(32-44(42,9)10)50-52(14,46)48-12/h15-29,39-41H,30-32H2,1-14H3/b16-15+,21-17+,22-18+,27-25+,28-26+,33-19+,34-20+,35-23+,36-24+. The van der Waals surface area contributed by atoms with Gasteiger partial charge in [-0.25, -0.2) is 0 Å². The minimum atomic E-state index is -3.04. The smallest absolute Gasteiger partial charge is 0.312 e. The topological polar surface area (TPSA) is 71.1 Å². The largest absolute Gasteiger partial charge is 0.327 e. The van der Waals surface area contributed by atoms with Crippen molar-refractivity contribution >= 4 is 15.2 Å². The summed E-state index contributed by atoms with van der Waals surface area (Å²) < 4.78 is 46.4. The van der Waals surface area contributed by atoms with Gasteiger partial charge in [0.2, 0.25) is 0 Å². The van der Waals surface area contributed by atoms with Crippen LogP contribution in [0.2, 0.25) is 0 Å². The summed E-state index contributed by atoms with van der Waals surface area (Å²) in [6.07, 6.45) is 33.9. The van der Waals surface area contributed by atoms with Crippen molar-refractivity contribution in [2.45, 2.75) is 101 Å². The Morgan fingerprint density at radius 1 is 0.712 bits per heavy atom. The molecule has 0 aromatic heterocycles. The average molecular weight is 753 g/mol. The van der Waals surface area contributed by atoms with Crippen LogP contribution in [0.3, 0.4) is 0 Å². The molecule has 0 radical (unpaired) electrons. The van der Waals surface area contributed by atoms with Crippen molar-refractivity contribution in [1.29, 1.82) is 0 Å². The molecule has 2 aliphatic rings. The summed E-state index contributed by atoms with van der Waals surface area (Å²) in [5, 5.41) is 0. The first-order chi connectivity index (χ1) is 24.1. The molecule has 0 saturated carbocycles. The van der Waals surface area contributed by atoms with Gasteiger partial charge in [-0.1, -0.05) is 152 Å². The van der Waals surface area contributed by atoms with E-state index in [4.69, 9.17) is 18.1 Å². The van der Waals surface area contributed by atoms with Crippen LogP contribution in [0.4, 0.5) is 0 Å². The van der Waals surface area contributed by atoms with Gasteiger partial charge in [-0.2, -0.15) is 0 Å². The van der Waals surface area contributed by atoms with Crippen LogP contribution >= 0.6 is 15.2 Å². The van der Waals surface area contributed by atoms with Crippen LogP contribution < -0.4 is 0 Å². The summed E-state index contributed by atoms with van der Waals surface area (Å²) in [7, 11) is -3.20. The molecule has 5 atom stereocenters. The van der Waals surface area contributed by atoms with Crippen molar-refractivity contribution in [3.05, 3.63) is 130 Å². The van der Waals surface area contributed by atoms with Gasteiger partial charge in [0, 0.05) is 33.5 Å². The lowest BCUT2D eigenvalue weighted by Gasteiger charge is -2.40. The first kappa shape index (κ1) is 45.6. The van der Waals surface area contributed by atoms with E-state index in [1.165, 1.54) is 55.4 Å². The fraction of sp³-hybridized carbons (Fsp3) is 0.500. The highest BCUT2D eigenvalue weighted by Crippen LogP contribution is 2.51. The van der Waals surface area contributed by atoms with E-state index < -0.39 is 15.2 Å². The summed E-state index contributed by atoms with van der Waals surface area (Å²) in [5.74, 6) is 0.271. The lowest BCUT2D eigenvalue weighted by molar-refractivity contribution is 0.117. The van der Waals surface area contributed by atoms with E-state index in [1.54, 1.807) is 0 Å². The fourth-order valence-electron chi connectivity index (χ4n) is 6.83. The second-order valence-corrected chi connectivity index (χ2v) is 20.0. The molecule has 0 fully saturated rings. The SMILES string of the molecule is COP(C)(=O)OC1C=C(C)C(/C=C/C(C)=C/C=C/C(C)=C/C=C/C=C(C)/C=C/C=C(C)/C=C/C2=C(C)CC(OP(C)(=O)OC)CC2(C)C)C(C)(C)C1. The zero-order valence-electron chi connectivity index (χ0n) is 34.4. The third kappa shape index (κ3) is 15.8. The summed E-state index contributed by atoms with van der Waals surface area (Å²) >= 11 is 0. The van der Waals surface area contributed by atoms with E-state index in [-0.39, 0.29) is 29.0 Å². The minimum absolute atomic E-state index is 0.0351. The first-order valence-corrected chi connectivity index (χ1v) is 22.2. The van der Waals surface area contributed by atoms with Crippen LogP contribution in [-0.4, -0.2) is 39.8 Å². The van der Waals surface area contributed by atoms with E-state index >= 15 is 0 Å². The first-order valence-electron chi connectivity index (χ1n) is 18.2. The van der Waals surface area contributed by atoms with Gasteiger partial charge in [-0.05, 0) is 77.2 Å². The summed E-state index contributed by atoms with van der Waals surface area (Å²) in [6, 6.07) is 0. The van der Waals surface area contributed by atoms with Crippen molar-refractivity contribution in [1.82, 2.24) is 0 Å². The Morgan fingerprint density at radius 3 is 1.69 bits per heavy atom. The van der Waals surface area contributed by atoms with E-state index in [0.717, 1.165) is 30.4 Å². The van der Waals surface area contributed by atoms with Gasteiger partial charge in [0.15, 0.2) is 0 Å². The average Bonchev–Trinajstić information content (AvgIpc) is 3.01. The molecule has 288 valence electrons. The predicted octanol–water partition coefficient (Wildman–Crippen LogP) is 13.4. The zero-order chi connectivity index (χ0) is 39.3. The monoisotopic (exact) mass is 752 g/mol. The zero-order valence-corrected chi connectivity index (χ0v) is 36.1. The third-order valence-corrected chi connectivity index (χ3v) is 12.3.